The number of aromatic amines is 1. The largest absolute Gasteiger partial charge is 0.378 e. The maximum atomic E-state index is 12.2. The summed E-state index contributed by atoms with van der Waals surface area (Å²) in [5, 5.41) is 9.78. The number of sulfonamides is 1. The second kappa shape index (κ2) is 6.53. The summed E-state index contributed by atoms with van der Waals surface area (Å²) in [5.74, 6) is 0. The molecule has 0 fully saturated rings. The van der Waals surface area contributed by atoms with Crippen molar-refractivity contribution in [3.8, 4) is 0 Å². The molecule has 0 atom stereocenters. The van der Waals surface area contributed by atoms with Crippen molar-refractivity contribution in [1.82, 2.24) is 14.9 Å². The minimum atomic E-state index is -3.48. The predicted octanol–water partition coefficient (Wildman–Crippen LogP) is 1.71. The first kappa shape index (κ1) is 14.5. The molecule has 1 aromatic heterocycles. The highest BCUT2D eigenvalue weighted by molar-refractivity contribution is 7.89. The predicted molar refractivity (Wildman–Crippen MR) is 77.8 cm³/mol. The van der Waals surface area contributed by atoms with E-state index in [-0.39, 0.29) is 4.90 Å². The van der Waals surface area contributed by atoms with Crippen molar-refractivity contribution in [2.45, 2.75) is 24.8 Å². The molecule has 2 rings (SSSR count). The Balaban J connectivity index is 2.17. The fourth-order valence-corrected chi connectivity index (χ4v) is 3.05. The van der Waals surface area contributed by atoms with Crippen LogP contribution < -0.4 is 10.0 Å². The molecular formula is C13H18N4O2S. The van der Waals surface area contributed by atoms with Crippen molar-refractivity contribution in [2.24, 2.45) is 0 Å². The van der Waals surface area contributed by atoms with Crippen LogP contribution in [0.5, 0.6) is 0 Å². The third kappa shape index (κ3) is 3.58. The number of hydrogen-bond donors (Lipinski definition) is 3. The molecule has 1 heterocycles. The Morgan fingerprint density at radius 2 is 2.05 bits per heavy atom. The molecular weight excluding hydrogens is 276 g/mol. The second-order valence-electron chi connectivity index (χ2n) is 4.33. The van der Waals surface area contributed by atoms with Crippen molar-refractivity contribution in [3.05, 3.63) is 42.2 Å². The zero-order valence-electron chi connectivity index (χ0n) is 11.3. The summed E-state index contributed by atoms with van der Waals surface area (Å²) in [7, 11) is -3.48. The van der Waals surface area contributed by atoms with Crippen LogP contribution in [0.25, 0.3) is 0 Å². The number of H-pyrrole nitrogens is 1. The number of nitrogens with one attached hydrogen (secondary N) is 3. The highest BCUT2D eigenvalue weighted by atomic mass is 32.2. The van der Waals surface area contributed by atoms with Gasteiger partial charge >= 0.3 is 0 Å². The van der Waals surface area contributed by atoms with Crippen LogP contribution in [-0.4, -0.2) is 25.2 Å². The molecule has 3 N–H and O–H groups in total. The van der Waals surface area contributed by atoms with Crippen LogP contribution >= 0.6 is 0 Å². The van der Waals surface area contributed by atoms with Crippen LogP contribution in [0.15, 0.2) is 41.4 Å². The molecule has 6 nitrogen and oxygen atoms in total. The fraction of sp³-hybridized carbons (Fsp3) is 0.308. The first-order chi connectivity index (χ1) is 9.63. The van der Waals surface area contributed by atoms with Gasteiger partial charge in [0.1, 0.15) is 4.90 Å². The van der Waals surface area contributed by atoms with E-state index < -0.39 is 10.0 Å². The summed E-state index contributed by atoms with van der Waals surface area (Å²) in [5.41, 5.74) is 1.46. The van der Waals surface area contributed by atoms with E-state index in [1.165, 1.54) is 0 Å². The number of anilines is 1. The molecule has 0 saturated heterocycles. The number of para-hydroxylation sites is 1. The third-order valence-electron chi connectivity index (χ3n) is 2.75. The fourth-order valence-electron chi connectivity index (χ4n) is 1.73. The summed E-state index contributed by atoms with van der Waals surface area (Å²) in [6.45, 7) is 2.84. The number of hydrogen-bond acceptors (Lipinski definition) is 4. The maximum Gasteiger partial charge on any atom is 0.242 e. The first-order valence-corrected chi connectivity index (χ1v) is 7.92. The highest BCUT2D eigenvalue weighted by Gasteiger charge is 2.17. The van der Waals surface area contributed by atoms with Crippen LogP contribution in [0.1, 0.15) is 19.0 Å². The summed E-state index contributed by atoms with van der Waals surface area (Å²) >= 11 is 0. The van der Waals surface area contributed by atoms with E-state index in [4.69, 9.17) is 0 Å². The van der Waals surface area contributed by atoms with Gasteiger partial charge in [0.25, 0.3) is 0 Å². The van der Waals surface area contributed by atoms with Crippen LogP contribution in [0.3, 0.4) is 0 Å². The van der Waals surface area contributed by atoms with Crippen molar-refractivity contribution in [3.63, 3.8) is 0 Å². The van der Waals surface area contributed by atoms with E-state index in [2.05, 4.69) is 20.2 Å². The van der Waals surface area contributed by atoms with E-state index in [1.807, 2.05) is 13.0 Å². The normalized spacial score (nSPS) is 11.4. The lowest BCUT2D eigenvalue weighted by atomic mass is 10.3. The van der Waals surface area contributed by atoms with Crippen LogP contribution in [0, 0.1) is 0 Å². The lowest BCUT2D eigenvalue weighted by Gasteiger charge is -2.12. The summed E-state index contributed by atoms with van der Waals surface area (Å²) in [6, 6.07) is 8.68. The molecule has 0 bridgehead atoms. The van der Waals surface area contributed by atoms with Gasteiger partial charge in [-0.3, -0.25) is 5.10 Å². The van der Waals surface area contributed by atoms with Gasteiger partial charge in [-0.15, -0.1) is 0 Å². The number of rotatable bonds is 7. The van der Waals surface area contributed by atoms with Gasteiger partial charge in [0, 0.05) is 12.7 Å². The van der Waals surface area contributed by atoms with Gasteiger partial charge in [0.15, 0.2) is 0 Å². The van der Waals surface area contributed by atoms with Crippen molar-refractivity contribution < 1.29 is 8.42 Å². The molecule has 0 amide bonds. The quantitative estimate of drug-likeness (QED) is 0.725. The Kier molecular flexibility index (Phi) is 4.75. The Hall–Kier alpha value is -1.86. The average molecular weight is 294 g/mol. The summed E-state index contributed by atoms with van der Waals surface area (Å²) < 4.78 is 27.0. The van der Waals surface area contributed by atoms with E-state index in [0.29, 0.717) is 18.8 Å². The molecule has 0 aliphatic carbocycles. The Bertz CT molecular complexity index is 638. The molecule has 0 saturated carbocycles. The molecule has 1 aromatic carbocycles. The molecule has 7 heteroatoms. The Morgan fingerprint density at radius 1 is 1.25 bits per heavy atom. The first-order valence-electron chi connectivity index (χ1n) is 6.44. The minimum absolute atomic E-state index is 0.257. The molecule has 20 heavy (non-hydrogen) atoms. The smallest absolute Gasteiger partial charge is 0.242 e. The second-order valence-corrected chi connectivity index (χ2v) is 6.06. The summed E-state index contributed by atoms with van der Waals surface area (Å²) in [6.07, 6.45) is 2.41. The molecule has 108 valence electrons. The monoisotopic (exact) mass is 294 g/mol. The molecule has 0 aliphatic rings. The zero-order valence-corrected chi connectivity index (χ0v) is 12.1. The van der Waals surface area contributed by atoms with Crippen LogP contribution in [0.4, 0.5) is 5.69 Å². The van der Waals surface area contributed by atoms with Gasteiger partial charge in [-0.05, 0) is 24.6 Å². The average Bonchev–Trinajstić information content (AvgIpc) is 2.96. The number of benzene rings is 1. The van der Waals surface area contributed by atoms with E-state index in [1.54, 1.807) is 30.5 Å². The zero-order chi connectivity index (χ0) is 14.4. The highest BCUT2D eigenvalue weighted by Crippen LogP contribution is 2.21. The van der Waals surface area contributed by atoms with Crippen molar-refractivity contribution in [1.29, 1.82) is 0 Å². The van der Waals surface area contributed by atoms with Gasteiger partial charge < -0.3 is 5.32 Å². The maximum absolute atomic E-state index is 12.2. The van der Waals surface area contributed by atoms with Gasteiger partial charge in [0.2, 0.25) is 10.0 Å². The molecule has 0 radical (unpaired) electrons. The van der Waals surface area contributed by atoms with E-state index in [9.17, 15) is 8.42 Å². The number of nitrogens with zero attached hydrogens (tertiary/aromatic N) is 1. The summed E-state index contributed by atoms with van der Waals surface area (Å²) in [4.78, 5) is 0.257. The van der Waals surface area contributed by atoms with Crippen LogP contribution in [0.2, 0.25) is 0 Å². The third-order valence-corrected chi connectivity index (χ3v) is 4.27. The molecule has 0 spiro atoms. The Labute approximate surface area is 118 Å². The van der Waals surface area contributed by atoms with Gasteiger partial charge in [-0.1, -0.05) is 19.1 Å². The standard InChI is InChI=1S/C13H18N4O2S/c1-2-8-16-20(18,19)13-6-4-3-5-12(13)14-10-11-7-9-15-17-11/h3-7,9,14,16H,2,8,10H2,1H3,(H,15,17). The molecule has 0 unspecified atom stereocenters. The van der Waals surface area contributed by atoms with Crippen molar-refractivity contribution in [2.75, 3.05) is 11.9 Å². The SMILES string of the molecule is CCCNS(=O)(=O)c1ccccc1NCc1ccn[nH]1. The van der Waals surface area contributed by atoms with Crippen molar-refractivity contribution >= 4 is 15.7 Å². The Morgan fingerprint density at radius 3 is 2.75 bits per heavy atom. The molecule has 0 aliphatic heterocycles. The topological polar surface area (TPSA) is 86.9 Å². The molecule has 2 aromatic rings. The van der Waals surface area contributed by atoms with Crippen LogP contribution in [-0.2, 0) is 16.6 Å². The minimum Gasteiger partial charge on any atom is -0.378 e. The number of aromatic nitrogens is 2. The van der Waals surface area contributed by atoms with Gasteiger partial charge in [0.05, 0.1) is 17.9 Å². The van der Waals surface area contributed by atoms with E-state index in [0.717, 1.165) is 12.1 Å². The lowest BCUT2D eigenvalue weighted by molar-refractivity contribution is 0.581. The van der Waals surface area contributed by atoms with Gasteiger partial charge in [-0.25, -0.2) is 13.1 Å². The lowest BCUT2D eigenvalue weighted by Crippen LogP contribution is -2.25. The van der Waals surface area contributed by atoms with E-state index >= 15 is 0 Å². The van der Waals surface area contributed by atoms with Gasteiger partial charge in [-0.2, -0.15) is 5.10 Å².